The van der Waals surface area contributed by atoms with Crippen molar-refractivity contribution in [2.75, 3.05) is 6.54 Å². The van der Waals surface area contributed by atoms with E-state index in [-0.39, 0.29) is 19.0 Å². The quantitative estimate of drug-likeness (QED) is 0.263. The highest BCUT2D eigenvalue weighted by Crippen LogP contribution is 2.35. The molecule has 33 heavy (non-hydrogen) atoms. The highest BCUT2D eigenvalue weighted by Gasteiger charge is 2.21. The van der Waals surface area contributed by atoms with Crippen molar-refractivity contribution in [1.82, 2.24) is 4.90 Å². The van der Waals surface area contributed by atoms with Crippen molar-refractivity contribution in [3.8, 4) is 5.75 Å². The Kier molecular flexibility index (Phi) is 12.5. The molecule has 0 bridgehead atoms. The molecule has 0 aliphatic carbocycles. The lowest BCUT2D eigenvalue weighted by Gasteiger charge is -2.32. The second-order valence-corrected chi connectivity index (χ2v) is 8.10. The zero-order chi connectivity index (χ0) is 24.8. The van der Waals surface area contributed by atoms with E-state index >= 15 is 0 Å². The summed E-state index contributed by atoms with van der Waals surface area (Å²) in [5, 5.41) is 27.8. The fourth-order valence-corrected chi connectivity index (χ4v) is 3.69. The fraction of sp³-hybridized carbons (Fsp3) is 0.385. The number of carboxylic acids is 1. The van der Waals surface area contributed by atoms with Gasteiger partial charge in [0.2, 0.25) is 0 Å². The molecule has 2 aromatic carbocycles. The fourth-order valence-electron chi connectivity index (χ4n) is 3.69. The zero-order valence-electron chi connectivity index (χ0n) is 19.7. The number of aliphatic carboxylic acids is 1. The number of benzene rings is 2. The van der Waals surface area contributed by atoms with Crippen LogP contribution in [0.15, 0.2) is 60.9 Å². The number of ether oxygens (including phenoxy) is 1. The zero-order valence-corrected chi connectivity index (χ0v) is 19.7. The van der Waals surface area contributed by atoms with Gasteiger partial charge >= 0.3 is 5.97 Å². The van der Waals surface area contributed by atoms with Crippen LogP contribution in [0.1, 0.15) is 56.7 Å². The highest BCUT2D eigenvalue weighted by atomic mass is 16.5. The third-order valence-corrected chi connectivity index (χ3v) is 5.20. The summed E-state index contributed by atoms with van der Waals surface area (Å²) in [4.78, 5) is 21.4. The van der Waals surface area contributed by atoms with E-state index in [9.17, 15) is 19.8 Å². The van der Waals surface area contributed by atoms with E-state index in [0.29, 0.717) is 23.9 Å². The minimum atomic E-state index is -1.15. The first-order valence-electron chi connectivity index (χ1n) is 10.9. The van der Waals surface area contributed by atoms with Crippen LogP contribution in [0, 0.1) is 0 Å². The Labute approximate surface area is 195 Å². The van der Waals surface area contributed by atoms with Crippen molar-refractivity contribution in [3.05, 3.63) is 77.6 Å². The third kappa shape index (κ3) is 9.89. The van der Waals surface area contributed by atoms with Crippen LogP contribution in [0.25, 0.3) is 0 Å². The summed E-state index contributed by atoms with van der Waals surface area (Å²) >= 11 is 0. The van der Waals surface area contributed by atoms with Crippen molar-refractivity contribution in [2.24, 2.45) is 0 Å². The predicted octanol–water partition coefficient (Wildman–Crippen LogP) is 4.28. The molecule has 2 rings (SSSR count). The van der Waals surface area contributed by atoms with E-state index in [1.54, 1.807) is 12.1 Å². The molecule has 7 nitrogen and oxygen atoms in total. The first-order valence-corrected chi connectivity index (χ1v) is 10.9. The molecule has 0 unspecified atom stereocenters. The predicted molar refractivity (Wildman–Crippen MR) is 128 cm³/mol. The minimum Gasteiger partial charge on any atom is -0.508 e. The number of carbonyl (C=O) groups excluding carboxylic acids is 1. The Hall–Kier alpha value is -3.16. The average molecular weight is 458 g/mol. The molecule has 0 aliphatic heterocycles. The van der Waals surface area contributed by atoms with Gasteiger partial charge in [0.1, 0.15) is 12.0 Å². The Bertz CT molecular complexity index is 872. The summed E-state index contributed by atoms with van der Waals surface area (Å²) in [7, 11) is 0. The molecule has 0 fully saturated rings. The van der Waals surface area contributed by atoms with Gasteiger partial charge in [-0.15, -0.1) is 0 Å². The standard InChI is InChI=1S/C22H31NO2.C4H4O4/c1-16(2)23(17(3)4)13-12-20(19-8-6-5-7-9-19)21-14-18(15-24)10-11-22(21)25;5-3-8-2-1-4(6)7/h5-11,14,16-17,20,24-25H,12-13,15H2,1-4H3;1-3H,(H,6,7)/b;2-1+/t20-;/m1./s1. The van der Waals surface area contributed by atoms with Gasteiger partial charge in [0.05, 0.1) is 12.7 Å². The topological polar surface area (TPSA) is 107 Å². The number of phenolic OH excluding ortho intramolecular Hbond substituents is 1. The largest absolute Gasteiger partial charge is 0.508 e. The summed E-state index contributed by atoms with van der Waals surface area (Å²) in [6.07, 6.45) is 2.42. The van der Waals surface area contributed by atoms with Crippen LogP contribution in [-0.4, -0.2) is 51.3 Å². The summed E-state index contributed by atoms with van der Waals surface area (Å²) in [5.41, 5.74) is 2.92. The molecule has 0 saturated carbocycles. The van der Waals surface area contributed by atoms with Crippen molar-refractivity contribution < 1.29 is 29.6 Å². The summed E-state index contributed by atoms with van der Waals surface area (Å²) in [6, 6.07) is 16.7. The molecule has 3 N–H and O–H groups in total. The third-order valence-electron chi connectivity index (χ3n) is 5.20. The van der Waals surface area contributed by atoms with Crippen molar-refractivity contribution in [2.45, 2.75) is 58.7 Å². The number of hydrogen-bond acceptors (Lipinski definition) is 6. The van der Waals surface area contributed by atoms with Gasteiger partial charge in [0.15, 0.2) is 0 Å². The molecule has 0 saturated heterocycles. The molecule has 0 spiro atoms. The van der Waals surface area contributed by atoms with E-state index in [1.165, 1.54) is 5.56 Å². The van der Waals surface area contributed by atoms with Gasteiger partial charge in [-0.25, -0.2) is 4.79 Å². The summed E-state index contributed by atoms with van der Waals surface area (Å²) < 4.78 is 3.90. The van der Waals surface area contributed by atoms with E-state index in [2.05, 4.69) is 49.5 Å². The second-order valence-electron chi connectivity index (χ2n) is 8.10. The number of hydrogen-bond donors (Lipinski definition) is 3. The number of carbonyl (C=O) groups is 2. The normalized spacial score (nSPS) is 12.0. The van der Waals surface area contributed by atoms with E-state index in [0.717, 1.165) is 30.4 Å². The van der Waals surface area contributed by atoms with Gasteiger partial charge in [-0.1, -0.05) is 36.4 Å². The van der Waals surface area contributed by atoms with E-state index in [4.69, 9.17) is 5.11 Å². The van der Waals surface area contributed by atoms with Crippen molar-refractivity contribution in [1.29, 1.82) is 0 Å². The number of rotatable bonds is 11. The Morgan fingerprint density at radius 1 is 1.06 bits per heavy atom. The van der Waals surface area contributed by atoms with Gasteiger partial charge in [-0.05, 0) is 63.9 Å². The van der Waals surface area contributed by atoms with Crippen LogP contribution in [0.5, 0.6) is 5.75 Å². The number of carboxylic acid groups (broad SMARTS) is 1. The molecule has 0 radical (unpaired) electrons. The molecule has 2 aromatic rings. The maximum absolute atomic E-state index is 10.5. The smallest absolute Gasteiger partial charge is 0.331 e. The highest BCUT2D eigenvalue weighted by molar-refractivity contribution is 5.79. The summed E-state index contributed by atoms with van der Waals surface area (Å²) in [6.45, 7) is 9.97. The molecular weight excluding hydrogens is 422 g/mol. The van der Waals surface area contributed by atoms with Crippen molar-refractivity contribution in [3.63, 3.8) is 0 Å². The van der Waals surface area contributed by atoms with Crippen LogP contribution < -0.4 is 0 Å². The molecule has 7 heteroatoms. The molecule has 0 aliphatic rings. The van der Waals surface area contributed by atoms with Crippen LogP contribution in [0.2, 0.25) is 0 Å². The number of aromatic hydroxyl groups is 1. The number of phenols is 1. The number of aliphatic hydroxyl groups is 1. The van der Waals surface area contributed by atoms with Gasteiger partial charge in [0.25, 0.3) is 6.47 Å². The van der Waals surface area contributed by atoms with Gasteiger partial charge in [-0.3, -0.25) is 9.69 Å². The van der Waals surface area contributed by atoms with E-state index in [1.807, 2.05) is 24.3 Å². The van der Waals surface area contributed by atoms with Crippen LogP contribution in [0.3, 0.4) is 0 Å². The first-order chi connectivity index (χ1) is 15.7. The lowest BCUT2D eigenvalue weighted by Crippen LogP contribution is -2.38. The molecule has 0 aromatic heterocycles. The van der Waals surface area contributed by atoms with Crippen LogP contribution in [0.4, 0.5) is 0 Å². The second kappa shape index (κ2) is 14.8. The monoisotopic (exact) mass is 457 g/mol. The van der Waals surface area contributed by atoms with E-state index < -0.39 is 5.97 Å². The van der Waals surface area contributed by atoms with Gasteiger partial charge in [0, 0.05) is 23.6 Å². The Morgan fingerprint density at radius 3 is 2.21 bits per heavy atom. The molecule has 180 valence electrons. The maximum Gasteiger partial charge on any atom is 0.331 e. The Balaban J connectivity index is 0.000000582. The number of aliphatic hydroxyl groups excluding tert-OH is 1. The molecule has 1 atom stereocenters. The lowest BCUT2D eigenvalue weighted by atomic mass is 9.86. The van der Waals surface area contributed by atoms with Crippen LogP contribution in [-0.2, 0) is 20.9 Å². The average Bonchev–Trinajstić information content (AvgIpc) is 2.78. The van der Waals surface area contributed by atoms with Gasteiger partial charge in [-0.2, -0.15) is 0 Å². The van der Waals surface area contributed by atoms with Crippen LogP contribution >= 0.6 is 0 Å². The van der Waals surface area contributed by atoms with Crippen molar-refractivity contribution >= 4 is 12.4 Å². The minimum absolute atomic E-state index is 0.0150. The summed E-state index contributed by atoms with van der Waals surface area (Å²) in [5.74, 6) is -0.744. The van der Waals surface area contributed by atoms with Gasteiger partial charge < -0.3 is 20.1 Å². The molecule has 0 amide bonds. The number of nitrogens with zero attached hydrogens (tertiary/aromatic N) is 1. The lowest BCUT2D eigenvalue weighted by molar-refractivity contribution is -0.131. The molecule has 0 heterocycles. The Morgan fingerprint density at radius 2 is 1.70 bits per heavy atom. The molecular formula is C26H35NO6. The SMILES string of the molecule is CC(C)N(CC[C@H](c1ccccc1)c1cc(CO)ccc1O)C(C)C.O=CO/C=C/C(=O)O. The first kappa shape index (κ1) is 27.9. The maximum atomic E-state index is 10.5.